The molecule has 21 heavy (non-hydrogen) atoms. The van der Waals surface area contributed by atoms with Gasteiger partial charge in [0.1, 0.15) is 5.04 Å². The van der Waals surface area contributed by atoms with Gasteiger partial charge in [-0.3, -0.25) is 9.79 Å². The van der Waals surface area contributed by atoms with E-state index in [1.54, 1.807) is 28.6 Å². The minimum absolute atomic E-state index is 0.00541. The molecule has 0 atom stereocenters. The number of carbonyl (C=O) groups is 1. The Morgan fingerprint density at radius 2 is 1.90 bits per heavy atom. The zero-order valence-corrected chi connectivity index (χ0v) is 14.9. The fourth-order valence-electron chi connectivity index (χ4n) is 1.21. The third kappa shape index (κ3) is 11.8. The fourth-order valence-corrected chi connectivity index (χ4v) is 3.32. The molecule has 122 valence electrons. The van der Waals surface area contributed by atoms with Gasteiger partial charge in [0.25, 0.3) is 0 Å². The highest BCUT2D eigenvalue weighted by Gasteiger charge is 2.02. The molecule has 0 aliphatic heterocycles. The van der Waals surface area contributed by atoms with Crippen LogP contribution in [0.4, 0.5) is 0 Å². The van der Waals surface area contributed by atoms with E-state index in [0.717, 1.165) is 10.8 Å². The van der Waals surface area contributed by atoms with Gasteiger partial charge in [0, 0.05) is 26.3 Å². The van der Waals surface area contributed by atoms with Crippen molar-refractivity contribution in [2.24, 2.45) is 4.99 Å². The quantitative estimate of drug-likeness (QED) is 0.272. The van der Waals surface area contributed by atoms with E-state index < -0.39 is 0 Å². The van der Waals surface area contributed by atoms with Crippen molar-refractivity contribution in [1.29, 1.82) is 0 Å². The number of hydrogen-bond acceptors (Lipinski definition) is 6. The van der Waals surface area contributed by atoms with E-state index in [1.807, 2.05) is 14.0 Å². The van der Waals surface area contributed by atoms with Crippen LogP contribution in [0, 0.1) is 0 Å². The highest BCUT2D eigenvalue weighted by Crippen LogP contribution is 2.26. The smallest absolute Gasteiger partial charge is 0.222 e. The van der Waals surface area contributed by atoms with Gasteiger partial charge < -0.3 is 14.8 Å². The van der Waals surface area contributed by atoms with Crippen LogP contribution in [0.3, 0.4) is 0 Å². The van der Waals surface area contributed by atoms with Gasteiger partial charge in [-0.2, -0.15) is 0 Å². The SMILES string of the molecule is C/C=C(C)\C(=N/C)SSCCOCCOCCC(=O)NC. The molecule has 0 aliphatic carbocycles. The van der Waals surface area contributed by atoms with Crippen molar-refractivity contribution < 1.29 is 14.3 Å². The van der Waals surface area contributed by atoms with E-state index in [-0.39, 0.29) is 5.91 Å². The third-order valence-electron chi connectivity index (χ3n) is 2.55. The number of amides is 1. The summed E-state index contributed by atoms with van der Waals surface area (Å²) in [6, 6.07) is 0. The molecule has 0 radical (unpaired) electrons. The lowest BCUT2D eigenvalue weighted by atomic mass is 10.3. The minimum atomic E-state index is -0.00541. The second kappa shape index (κ2) is 14.4. The van der Waals surface area contributed by atoms with E-state index in [4.69, 9.17) is 9.47 Å². The van der Waals surface area contributed by atoms with Gasteiger partial charge in [-0.1, -0.05) is 16.9 Å². The van der Waals surface area contributed by atoms with E-state index in [9.17, 15) is 4.79 Å². The summed E-state index contributed by atoms with van der Waals surface area (Å²) in [5.41, 5.74) is 1.19. The maximum Gasteiger partial charge on any atom is 0.222 e. The lowest BCUT2D eigenvalue weighted by molar-refractivity contribution is -0.121. The Balaban J connectivity index is 3.39. The summed E-state index contributed by atoms with van der Waals surface area (Å²) in [5.74, 6) is 0.896. The van der Waals surface area contributed by atoms with Gasteiger partial charge in [0.05, 0.1) is 26.4 Å². The Labute approximate surface area is 135 Å². The first kappa shape index (κ1) is 20.5. The molecule has 0 aliphatic rings. The van der Waals surface area contributed by atoms with Gasteiger partial charge in [0.15, 0.2) is 0 Å². The van der Waals surface area contributed by atoms with Gasteiger partial charge >= 0.3 is 0 Å². The van der Waals surface area contributed by atoms with E-state index >= 15 is 0 Å². The minimum Gasteiger partial charge on any atom is -0.379 e. The normalized spacial score (nSPS) is 12.6. The highest BCUT2D eigenvalue weighted by molar-refractivity contribution is 8.82. The van der Waals surface area contributed by atoms with Crippen molar-refractivity contribution in [2.75, 3.05) is 46.3 Å². The number of carbonyl (C=O) groups excluding carboxylic acids is 1. The predicted octanol–water partition coefficient (Wildman–Crippen LogP) is 2.53. The van der Waals surface area contributed by atoms with E-state index in [0.29, 0.717) is 32.8 Å². The van der Waals surface area contributed by atoms with E-state index in [2.05, 4.69) is 23.3 Å². The van der Waals surface area contributed by atoms with Crippen LogP contribution in [0.1, 0.15) is 20.3 Å². The average Bonchev–Trinajstić information content (AvgIpc) is 2.51. The van der Waals surface area contributed by atoms with Crippen LogP contribution < -0.4 is 5.32 Å². The molecule has 1 amide bonds. The van der Waals surface area contributed by atoms with Crippen molar-refractivity contribution in [1.82, 2.24) is 5.32 Å². The standard InChI is InChI=1S/C14H26N2O3S2/c1-5-12(2)14(16-4)21-20-11-10-19-9-8-18-7-6-13(17)15-3/h5H,6-11H2,1-4H3,(H,15,17)/b12-5-,16-14+. The summed E-state index contributed by atoms with van der Waals surface area (Å²) in [6.07, 6.45) is 2.45. The molecule has 0 unspecified atom stereocenters. The molecule has 1 N–H and O–H groups in total. The van der Waals surface area contributed by atoms with Gasteiger partial charge in [-0.05, 0) is 30.2 Å². The molecule has 0 aromatic rings. The maximum absolute atomic E-state index is 10.9. The number of hydrogen-bond donors (Lipinski definition) is 1. The van der Waals surface area contributed by atoms with Crippen molar-refractivity contribution >= 4 is 32.5 Å². The first-order valence-electron chi connectivity index (χ1n) is 6.91. The number of allylic oxidation sites excluding steroid dienone is 1. The van der Waals surface area contributed by atoms with Crippen molar-refractivity contribution in [3.8, 4) is 0 Å². The van der Waals surface area contributed by atoms with Crippen LogP contribution in [0.5, 0.6) is 0 Å². The van der Waals surface area contributed by atoms with Crippen LogP contribution in [-0.4, -0.2) is 57.2 Å². The molecule has 5 nitrogen and oxygen atoms in total. The Kier molecular flexibility index (Phi) is 14.1. The van der Waals surface area contributed by atoms with Crippen LogP contribution in [-0.2, 0) is 14.3 Å². The Morgan fingerprint density at radius 1 is 1.24 bits per heavy atom. The van der Waals surface area contributed by atoms with Crippen molar-refractivity contribution in [3.63, 3.8) is 0 Å². The average molecular weight is 335 g/mol. The lowest BCUT2D eigenvalue weighted by Crippen LogP contribution is -2.19. The summed E-state index contributed by atoms with van der Waals surface area (Å²) in [4.78, 5) is 15.2. The first-order valence-corrected chi connectivity index (χ1v) is 9.23. The Hall–Kier alpha value is -0.500. The van der Waals surface area contributed by atoms with Gasteiger partial charge in [0.2, 0.25) is 5.91 Å². The Morgan fingerprint density at radius 3 is 2.48 bits per heavy atom. The number of rotatable bonds is 11. The molecule has 0 rings (SSSR count). The topological polar surface area (TPSA) is 59.9 Å². The second-order valence-corrected chi connectivity index (χ2v) is 6.46. The largest absolute Gasteiger partial charge is 0.379 e. The zero-order chi connectivity index (χ0) is 15.9. The molecule has 7 heteroatoms. The predicted molar refractivity (Wildman–Crippen MR) is 93.2 cm³/mol. The second-order valence-electron chi connectivity index (χ2n) is 4.05. The van der Waals surface area contributed by atoms with E-state index in [1.165, 1.54) is 5.57 Å². The summed E-state index contributed by atoms with van der Waals surface area (Å²) in [5, 5.41) is 3.60. The highest BCUT2D eigenvalue weighted by atomic mass is 33.1. The molecule has 0 saturated carbocycles. The summed E-state index contributed by atoms with van der Waals surface area (Å²) < 4.78 is 10.7. The molecule has 0 aromatic heterocycles. The summed E-state index contributed by atoms with van der Waals surface area (Å²) in [6.45, 7) is 6.27. The lowest BCUT2D eigenvalue weighted by Gasteiger charge is -2.06. The summed E-state index contributed by atoms with van der Waals surface area (Å²) in [7, 11) is 6.83. The molecule has 0 heterocycles. The molecule has 0 saturated heterocycles. The van der Waals surface area contributed by atoms with Crippen molar-refractivity contribution in [3.05, 3.63) is 11.6 Å². The molecular weight excluding hydrogens is 308 g/mol. The molecule has 0 aromatic carbocycles. The molecule has 0 fully saturated rings. The van der Waals surface area contributed by atoms with Crippen LogP contribution in [0.2, 0.25) is 0 Å². The molecule has 0 bridgehead atoms. The maximum atomic E-state index is 10.9. The number of nitrogens with zero attached hydrogens (tertiary/aromatic N) is 1. The van der Waals surface area contributed by atoms with Crippen LogP contribution in [0.15, 0.2) is 16.6 Å². The number of ether oxygens (including phenoxy) is 2. The van der Waals surface area contributed by atoms with Crippen molar-refractivity contribution in [2.45, 2.75) is 20.3 Å². The van der Waals surface area contributed by atoms with Gasteiger partial charge in [-0.25, -0.2) is 0 Å². The first-order chi connectivity index (χ1) is 10.2. The van der Waals surface area contributed by atoms with Gasteiger partial charge in [-0.15, -0.1) is 0 Å². The van der Waals surface area contributed by atoms with Crippen LogP contribution >= 0.6 is 21.6 Å². The zero-order valence-electron chi connectivity index (χ0n) is 13.3. The summed E-state index contributed by atoms with van der Waals surface area (Å²) >= 11 is 0. The molecule has 0 spiro atoms. The molecular formula is C14H26N2O3S2. The fraction of sp³-hybridized carbons (Fsp3) is 0.714. The van der Waals surface area contributed by atoms with Crippen LogP contribution in [0.25, 0.3) is 0 Å². The third-order valence-corrected chi connectivity index (χ3v) is 4.99. The number of nitrogens with one attached hydrogen (secondary N) is 1. The monoisotopic (exact) mass is 334 g/mol. The Bertz CT molecular complexity index is 347. The number of aliphatic imine (C=N–C) groups is 1.